The molecule has 2 nitrogen and oxygen atoms in total. The van der Waals surface area contributed by atoms with Crippen molar-refractivity contribution >= 4 is 11.6 Å². The molecule has 4 rings (SSSR count). The van der Waals surface area contributed by atoms with Gasteiger partial charge in [-0.15, -0.1) is 0 Å². The highest BCUT2D eigenvalue weighted by atomic mass is 35.5. The van der Waals surface area contributed by atoms with Gasteiger partial charge < -0.3 is 10.1 Å². The number of ether oxygens (including phenoxy) is 1. The predicted molar refractivity (Wildman–Crippen MR) is 93.8 cm³/mol. The van der Waals surface area contributed by atoms with Gasteiger partial charge in [0.2, 0.25) is 0 Å². The van der Waals surface area contributed by atoms with Crippen molar-refractivity contribution in [3.05, 3.63) is 70.7 Å². The van der Waals surface area contributed by atoms with E-state index in [1.807, 2.05) is 24.3 Å². The van der Waals surface area contributed by atoms with Crippen molar-refractivity contribution in [3.63, 3.8) is 0 Å². The summed E-state index contributed by atoms with van der Waals surface area (Å²) in [6.07, 6.45) is 5.08. The lowest BCUT2D eigenvalue weighted by Crippen LogP contribution is -2.41. The Labute approximate surface area is 142 Å². The first kappa shape index (κ1) is 15.2. The van der Waals surface area contributed by atoms with Crippen molar-refractivity contribution in [1.82, 2.24) is 5.32 Å². The summed E-state index contributed by atoms with van der Waals surface area (Å²) in [5, 5.41) is 4.44. The number of rotatable bonds is 4. The molecule has 0 aromatic heterocycles. The third-order valence-corrected chi connectivity index (χ3v) is 5.25. The van der Waals surface area contributed by atoms with E-state index in [2.05, 4.69) is 35.6 Å². The molecule has 3 unspecified atom stereocenters. The van der Waals surface area contributed by atoms with Crippen molar-refractivity contribution < 1.29 is 4.74 Å². The van der Waals surface area contributed by atoms with Crippen molar-refractivity contribution in [2.24, 2.45) is 0 Å². The molecule has 0 radical (unpaired) electrons. The topological polar surface area (TPSA) is 21.3 Å². The molecule has 0 aliphatic carbocycles. The minimum absolute atomic E-state index is 0.0441. The molecule has 2 saturated heterocycles. The molecule has 2 aromatic carbocycles. The lowest BCUT2D eigenvalue weighted by Gasteiger charge is -2.32. The molecule has 0 amide bonds. The first-order valence-corrected chi connectivity index (χ1v) is 8.87. The predicted octanol–water partition coefficient (Wildman–Crippen LogP) is 4.73. The minimum Gasteiger partial charge on any atom is -0.365 e. The summed E-state index contributed by atoms with van der Waals surface area (Å²) in [4.78, 5) is 0. The molecule has 3 heteroatoms. The normalized spacial score (nSPS) is 27.8. The molecular weight excluding hydrogens is 306 g/mol. The van der Waals surface area contributed by atoms with Crippen LogP contribution in [0, 0.1) is 0 Å². The molecule has 0 spiro atoms. The van der Waals surface area contributed by atoms with E-state index in [1.54, 1.807) is 0 Å². The Morgan fingerprint density at radius 2 is 1.61 bits per heavy atom. The van der Waals surface area contributed by atoms with E-state index in [9.17, 15) is 0 Å². The number of fused-ring (bicyclic) bond motifs is 2. The van der Waals surface area contributed by atoms with E-state index in [1.165, 1.54) is 18.4 Å². The first-order valence-electron chi connectivity index (χ1n) is 8.50. The maximum absolute atomic E-state index is 6.60. The van der Waals surface area contributed by atoms with Crippen LogP contribution in [0.5, 0.6) is 0 Å². The van der Waals surface area contributed by atoms with Gasteiger partial charge in [0.25, 0.3) is 0 Å². The number of halogens is 1. The van der Waals surface area contributed by atoms with Gasteiger partial charge in [0, 0.05) is 17.1 Å². The summed E-state index contributed by atoms with van der Waals surface area (Å²) in [6, 6.07) is 19.8. The molecule has 23 heavy (non-hydrogen) atoms. The molecule has 2 aromatic rings. The van der Waals surface area contributed by atoms with Crippen LogP contribution in [-0.2, 0) is 4.74 Å². The summed E-state index contributed by atoms with van der Waals surface area (Å²) in [5.74, 6) is 0. The zero-order chi connectivity index (χ0) is 15.6. The van der Waals surface area contributed by atoms with Crippen molar-refractivity contribution in [2.45, 2.75) is 50.0 Å². The van der Waals surface area contributed by atoms with E-state index in [-0.39, 0.29) is 6.10 Å². The SMILES string of the molecule is Clc1cccc(C(OC2CC3CCC(C2)N3)c2ccccc2)c1. The highest BCUT2D eigenvalue weighted by Crippen LogP contribution is 2.35. The molecule has 2 bridgehead atoms. The Bertz CT molecular complexity index is 648. The average molecular weight is 328 g/mol. The second kappa shape index (κ2) is 6.64. The highest BCUT2D eigenvalue weighted by Gasteiger charge is 2.35. The van der Waals surface area contributed by atoms with Crippen LogP contribution >= 0.6 is 11.6 Å². The quantitative estimate of drug-likeness (QED) is 0.876. The van der Waals surface area contributed by atoms with Crippen LogP contribution in [0.2, 0.25) is 5.02 Å². The Morgan fingerprint density at radius 1 is 0.913 bits per heavy atom. The summed E-state index contributed by atoms with van der Waals surface area (Å²) in [5.41, 5.74) is 2.33. The van der Waals surface area contributed by atoms with Crippen LogP contribution in [0.3, 0.4) is 0 Å². The number of piperidine rings is 1. The highest BCUT2D eigenvalue weighted by molar-refractivity contribution is 6.30. The minimum atomic E-state index is -0.0441. The van der Waals surface area contributed by atoms with E-state index >= 15 is 0 Å². The van der Waals surface area contributed by atoms with E-state index < -0.39 is 0 Å². The van der Waals surface area contributed by atoms with Crippen molar-refractivity contribution in [3.8, 4) is 0 Å². The standard InChI is InChI=1S/C20H22ClNO/c21-16-8-4-7-15(11-16)20(14-5-2-1-3-6-14)23-19-12-17-9-10-18(13-19)22-17/h1-8,11,17-20,22H,9-10,12-13H2. The van der Waals surface area contributed by atoms with Gasteiger partial charge in [-0.25, -0.2) is 0 Å². The first-order chi connectivity index (χ1) is 11.3. The van der Waals surface area contributed by atoms with Gasteiger partial charge in [0.05, 0.1) is 6.10 Å². The molecule has 2 fully saturated rings. The fourth-order valence-corrected chi connectivity index (χ4v) is 4.15. The van der Waals surface area contributed by atoms with Crippen molar-refractivity contribution in [2.75, 3.05) is 0 Å². The van der Waals surface area contributed by atoms with Crippen molar-refractivity contribution in [1.29, 1.82) is 0 Å². The third-order valence-electron chi connectivity index (χ3n) is 5.01. The average Bonchev–Trinajstić information content (AvgIpc) is 2.92. The largest absolute Gasteiger partial charge is 0.365 e. The number of benzene rings is 2. The second-order valence-electron chi connectivity index (χ2n) is 6.71. The van der Waals surface area contributed by atoms with Gasteiger partial charge in [-0.05, 0) is 48.9 Å². The summed E-state index contributed by atoms with van der Waals surface area (Å²) >= 11 is 6.21. The fraction of sp³-hybridized carbons (Fsp3) is 0.400. The van der Waals surface area contributed by atoms with Gasteiger partial charge in [-0.1, -0.05) is 54.1 Å². The van der Waals surface area contributed by atoms with E-state index in [4.69, 9.17) is 16.3 Å². The Morgan fingerprint density at radius 3 is 2.30 bits per heavy atom. The maximum atomic E-state index is 6.60. The van der Waals surface area contributed by atoms with Gasteiger partial charge in [0.15, 0.2) is 0 Å². The van der Waals surface area contributed by atoms with Crippen LogP contribution in [0.4, 0.5) is 0 Å². The summed E-state index contributed by atoms with van der Waals surface area (Å²) in [6.45, 7) is 0. The molecule has 1 N–H and O–H groups in total. The van der Waals surface area contributed by atoms with Crippen LogP contribution in [0.25, 0.3) is 0 Å². The smallest absolute Gasteiger partial charge is 0.108 e. The number of nitrogens with one attached hydrogen (secondary N) is 1. The van der Waals surface area contributed by atoms with Crippen LogP contribution < -0.4 is 5.32 Å². The summed E-state index contributed by atoms with van der Waals surface area (Å²) in [7, 11) is 0. The number of hydrogen-bond donors (Lipinski definition) is 1. The Balaban J connectivity index is 1.60. The zero-order valence-electron chi connectivity index (χ0n) is 13.1. The van der Waals surface area contributed by atoms with E-state index in [0.717, 1.165) is 23.4 Å². The van der Waals surface area contributed by atoms with Gasteiger partial charge in [-0.2, -0.15) is 0 Å². The molecule has 2 aliphatic heterocycles. The second-order valence-corrected chi connectivity index (χ2v) is 7.15. The van der Waals surface area contributed by atoms with Gasteiger partial charge >= 0.3 is 0 Å². The van der Waals surface area contributed by atoms with Crippen LogP contribution in [0.1, 0.15) is 42.9 Å². The molecule has 2 heterocycles. The number of hydrogen-bond acceptors (Lipinski definition) is 2. The Hall–Kier alpha value is -1.35. The monoisotopic (exact) mass is 327 g/mol. The van der Waals surface area contributed by atoms with Gasteiger partial charge in [-0.3, -0.25) is 0 Å². The third kappa shape index (κ3) is 3.45. The van der Waals surface area contributed by atoms with E-state index in [0.29, 0.717) is 18.2 Å². The molecule has 2 aliphatic rings. The summed E-state index contributed by atoms with van der Waals surface area (Å²) < 4.78 is 6.60. The molecule has 120 valence electrons. The van der Waals surface area contributed by atoms with Gasteiger partial charge in [0.1, 0.15) is 6.10 Å². The maximum Gasteiger partial charge on any atom is 0.108 e. The lowest BCUT2D eigenvalue weighted by atomic mass is 9.98. The zero-order valence-corrected chi connectivity index (χ0v) is 13.9. The van der Waals surface area contributed by atoms with Crippen LogP contribution in [-0.4, -0.2) is 18.2 Å². The van der Waals surface area contributed by atoms with Crippen LogP contribution in [0.15, 0.2) is 54.6 Å². The molecule has 3 atom stereocenters. The molecular formula is C20H22ClNO. The Kier molecular flexibility index (Phi) is 4.39. The fourth-order valence-electron chi connectivity index (χ4n) is 3.96. The lowest BCUT2D eigenvalue weighted by molar-refractivity contribution is -0.0181. The molecule has 0 saturated carbocycles.